The Morgan fingerprint density at radius 3 is 2.54 bits per heavy atom. The standard InChI is InChI=1S/C21H24N2O5/c1-27-16-7-8-18(28-2)17(11-16)23-20(25)19(24)22-13-21(26)10-9-14-5-3-4-6-15(14)12-21/h3-8,11,26H,9-10,12-13H2,1-2H3,(H,22,24)(H,23,25). The van der Waals surface area contributed by atoms with Crippen molar-refractivity contribution < 1.29 is 24.2 Å². The van der Waals surface area contributed by atoms with E-state index in [1.165, 1.54) is 19.8 Å². The first kappa shape index (κ1) is 19.7. The molecule has 148 valence electrons. The number of ether oxygens (including phenoxy) is 2. The molecular weight excluding hydrogens is 360 g/mol. The van der Waals surface area contributed by atoms with E-state index < -0.39 is 17.4 Å². The maximum Gasteiger partial charge on any atom is 0.313 e. The molecule has 0 spiro atoms. The van der Waals surface area contributed by atoms with Crippen LogP contribution in [0.3, 0.4) is 0 Å². The van der Waals surface area contributed by atoms with E-state index in [0.29, 0.717) is 30.0 Å². The number of carbonyl (C=O) groups is 2. The molecule has 7 heteroatoms. The van der Waals surface area contributed by atoms with Crippen molar-refractivity contribution in [1.82, 2.24) is 5.32 Å². The van der Waals surface area contributed by atoms with Crippen LogP contribution in [0.25, 0.3) is 0 Å². The highest BCUT2D eigenvalue weighted by Crippen LogP contribution is 2.29. The largest absolute Gasteiger partial charge is 0.497 e. The Kier molecular flexibility index (Phi) is 5.84. The molecule has 1 aliphatic rings. The molecule has 0 bridgehead atoms. The molecule has 0 aromatic heterocycles. The molecule has 0 aliphatic heterocycles. The summed E-state index contributed by atoms with van der Waals surface area (Å²) >= 11 is 0. The lowest BCUT2D eigenvalue weighted by atomic mass is 9.80. The first-order chi connectivity index (χ1) is 13.4. The number of aliphatic hydroxyl groups is 1. The summed E-state index contributed by atoms with van der Waals surface area (Å²) in [6.07, 6.45) is 1.69. The zero-order valence-electron chi connectivity index (χ0n) is 16.0. The van der Waals surface area contributed by atoms with Gasteiger partial charge in [-0.1, -0.05) is 24.3 Å². The molecule has 1 aliphatic carbocycles. The lowest BCUT2D eigenvalue weighted by molar-refractivity contribution is -0.136. The third kappa shape index (κ3) is 4.43. The minimum Gasteiger partial charge on any atom is -0.497 e. The van der Waals surface area contributed by atoms with Gasteiger partial charge >= 0.3 is 11.8 Å². The quantitative estimate of drug-likeness (QED) is 0.682. The van der Waals surface area contributed by atoms with Crippen LogP contribution in [0.15, 0.2) is 42.5 Å². The Morgan fingerprint density at radius 1 is 1.07 bits per heavy atom. The Labute approximate surface area is 163 Å². The van der Waals surface area contributed by atoms with Crippen molar-refractivity contribution in [2.75, 3.05) is 26.1 Å². The average Bonchev–Trinajstić information content (AvgIpc) is 2.71. The zero-order valence-corrected chi connectivity index (χ0v) is 16.0. The van der Waals surface area contributed by atoms with Crippen LogP contribution in [0, 0.1) is 0 Å². The summed E-state index contributed by atoms with van der Waals surface area (Å²) in [6, 6.07) is 12.8. The van der Waals surface area contributed by atoms with E-state index in [9.17, 15) is 14.7 Å². The fraction of sp³-hybridized carbons (Fsp3) is 0.333. The van der Waals surface area contributed by atoms with Gasteiger partial charge in [0.1, 0.15) is 11.5 Å². The van der Waals surface area contributed by atoms with Gasteiger partial charge in [-0.05, 0) is 36.1 Å². The Morgan fingerprint density at radius 2 is 1.82 bits per heavy atom. The summed E-state index contributed by atoms with van der Waals surface area (Å²) in [5.74, 6) is -0.736. The number of amides is 2. The van der Waals surface area contributed by atoms with Crippen LogP contribution in [-0.2, 0) is 22.4 Å². The molecule has 2 aromatic rings. The van der Waals surface area contributed by atoms with Gasteiger partial charge in [0.05, 0.1) is 25.5 Å². The second-order valence-electron chi connectivity index (χ2n) is 6.87. The van der Waals surface area contributed by atoms with Crippen LogP contribution in [0.4, 0.5) is 5.69 Å². The van der Waals surface area contributed by atoms with Crippen molar-refractivity contribution in [3.8, 4) is 11.5 Å². The van der Waals surface area contributed by atoms with Gasteiger partial charge in [0.25, 0.3) is 0 Å². The van der Waals surface area contributed by atoms with E-state index >= 15 is 0 Å². The first-order valence-electron chi connectivity index (χ1n) is 9.04. The molecule has 2 aromatic carbocycles. The number of anilines is 1. The highest BCUT2D eigenvalue weighted by Gasteiger charge is 2.33. The maximum absolute atomic E-state index is 12.3. The van der Waals surface area contributed by atoms with E-state index in [0.717, 1.165) is 12.0 Å². The Hall–Kier alpha value is -3.06. The Bertz CT molecular complexity index is 883. The number of methoxy groups -OCH3 is 2. The van der Waals surface area contributed by atoms with Crippen LogP contribution in [0.1, 0.15) is 17.5 Å². The van der Waals surface area contributed by atoms with E-state index in [4.69, 9.17) is 9.47 Å². The predicted molar refractivity (Wildman–Crippen MR) is 105 cm³/mol. The topological polar surface area (TPSA) is 96.9 Å². The lowest BCUT2D eigenvalue weighted by Gasteiger charge is -2.33. The predicted octanol–water partition coefficient (Wildman–Crippen LogP) is 1.68. The summed E-state index contributed by atoms with van der Waals surface area (Å²) in [6.45, 7) is 0.00281. The van der Waals surface area contributed by atoms with E-state index in [2.05, 4.69) is 10.6 Å². The monoisotopic (exact) mass is 384 g/mol. The number of rotatable bonds is 5. The summed E-state index contributed by atoms with van der Waals surface area (Å²) in [5, 5.41) is 15.9. The Balaban J connectivity index is 1.60. The zero-order chi connectivity index (χ0) is 20.1. The number of fused-ring (bicyclic) bond motifs is 1. The average molecular weight is 384 g/mol. The minimum absolute atomic E-state index is 0.00281. The molecule has 7 nitrogen and oxygen atoms in total. The molecule has 2 amide bonds. The SMILES string of the molecule is COc1ccc(OC)c(NC(=O)C(=O)NCC2(O)CCc3ccccc3C2)c1. The number of carbonyl (C=O) groups excluding carboxylic acids is 2. The van der Waals surface area contributed by atoms with Gasteiger partial charge in [0.2, 0.25) is 0 Å². The van der Waals surface area contributed by atoms with Crippen molar-refractivity contribution in [2.45, 2.75) is 24.9 Å². The summed E-state index contributed by atoms with van der Waals surface area (Å²) < 4.78 is 10.3. The molecular formula is C21H24N2O5. The van der Waals surface area contributed by atoms with Gasteiger partial charge in [-0.25, -0.2) is 0 Å². The fourth-order valence-corrected chi connectivity index (χ4v) is 3.35. The molecule has 3 rings (SSSR count). The minimum atomic E-state index is -1.07. The molecule has 0 radical (unpaired) electrons. The molecule has 0 fully saturated rings. The third-order valence-corrected chi connectivity index (χ3v) is 4.94. The highest BCUT2D eigenvalue weighted by molar-refractivity contribution is 6.39. The second-order valence-corrected chi connectivity index (χ2v) is 6.87. The highest BCUT2D eigenvalue weighted by atomic mass is 16.5. The number of aryl methyl sites for hydroxylation is 1. The smallest absolute Gasteiger partial charge is 0.313 e. The number of benzene rings is 2. The molecule has 0 saturated heterocycles. The molecule has 28 heavy (non-hydrogen) atoms. The van der Waals surface area contributed by atoms with Crippen molar-refractivity contribution in [3.05, 3.63) is 53.6 Å². The number of hydrogen-bond donors (Lipinski definition) is 3. The molecule has 3 N–H and O–H groups in total. The van der Waals surface area contributed by atoms with Crippen LogP contribution in [-0.4, -0.2) is 43.3 Å². The van der Waals surface area contributed by atoms with Gasteiger partial charge in [-0.3, -0.25) is 9.59 Å². The summed E-state index contributed by atoms with van der Waals surface area (Å²) in [5.41, 5.74) is 1.53. The van der Waals surface area contributed by atoms with E-state index in [1.807, 2.05) is 24.3 Å². The molecule has 0 saturated carbocycles. The molecule has 1 unspecified atom stereocenters. The summed E-state index contributed by atoms with van der Waals surface area (Å²) in [4.78, 5) is 24.5. The van der Waals surface area contributed by atoms with Crippen molar-refractivity contribution in [2.24, 2.45) is 0 Å². The molecule has 0 heterocycles. The third-order valence-electron chi connectivity index (χ3n) is 4.94. The molecule has 1 atom stereocenters. The second kappa shape index (κ2) is 8.31. The van der Waals surface area contributed by atoms with Crippen molar-refractivity contribution in [1.29, 1.82) is 0 Å². The van der Waals surface area contributed by atoms with E-state index in [1.54, 1.807) is 18.2 Å². The lowest BCUT2D eigenvalue weighted by Crippen LogP contribution is -2.49. The van der Waals surface area contributed by atoms with E-state index in [-0.39, 0.29) is 6.54 Å². The number of hydrogen-bond acceptors (Lipinski definition) is 5. The van der Waals surface area contributed by atoms with Gasteiger partial charge in [-0.15, -0.1) is 0 Å². The summed E-state index contributed by atoms with van der Waals surface area (Å²) in [7, 11) is 2.97. The normalized spacial score (nSPS) is 18.0. The fourth-order valence-electron chi connectivity index (χ4n) is 3.35. The van der Waals surface area contributed by atoms with Gasteiger partial charge < -0.3 is 25.2 Å². The number of nitrogens with one attached hydrogen (secondary N) is 2. The maximum atomic E-state index is 12.3. The van der Waals surface area contributed by atoms with Gasteiger partial charge in [-0.2, -0.15) is 0 Å². The van der Waals surface area contributed by atoms with Crippen LogP contribution in [0.2, 0.25) is 0 Å². The van der Waals surface area contributed by atoms with Crippen LogP contribution >= 0.6 is 0 Å². The van der Waals surface area contributed by atoms with Crippen molar-refractivity contribution in [3.63, 3.8) is 0 Å². The first-order valence-corrected chi connectivity index (χ1v) is 9.04. The van der Waals surface area contributed by atoms with Gasteiger partial charge in [0.15, 0.2) is 0 Å². The van der Waals surface area contributed by atoms with Gasteiger partial charge in [0, 0.05) is 19.0 Å². The van der Waals surface area contributed by atoms with Crippen LogP contribution < -0.4 is 20.1 Å². The van der Waals surface area contributed by atoms with Crippen LogP contribution in [0.5, 0.6) is 11.5 Å². The van der Waals surface area contributed by atoms with Crippen molar-refractivity contribution >= 4 is 17.5 Å².